The summed E-state index contributed by atoms with van der Waals surface area (Å²) in [7, 11) is -4.20. The lowest BCUT2D eigenvalue weighted by atomic mass is 10.0. The number of nitrogens with zero attached hydrogens (tertiary/aromatic N) is 2. The van der Waals surface area contributed by atoms with E-state index < -0.39 is 28.5 Å². The highest BCUT2D eigenvalue weighted by molar-refractivity contribution is 9.10. The predicted octanol–water partition coefficient (Wildman–Crippen LogP) is 6.77. The molecule has 1 unspecified atom stereocenters. The van der Waals surface area contributed by atoms with E-state index in [0.29, 0.717) is 5.02 Å². The number of amides is 2. The maximum Gasteiger partial charge on any atom is 0.264 e. The molecule has 1 atom stereocenters. The van der Waals surface area contributed by atoms with Crippen molar-refractivity contribution in [3.8, 4) is 0 Å². The Kier molecular flexibility index (Phi) is 11.2. The third-order valence-electron chi connectivity index (χ3n) is 6.95. The Morgan fingerprint density at radius 3 is 2.14 bits per heavy atom. The maximum atomic E-state index is 14.4. The largest absolute Gasteiger partial charge is 0.352 e. The van der Waals surface area contributed by atoms with Gasteiger partial charge in [-0.25, -0.2) is 8.42 Å². The molecule has 2 amide bonds. The van der Waals surface area contributed by atoms with Crippen LogP contribution in [0.15, 0.2) is 112 Å². The zero-order chi connectivity index (χ0) is 31.9. The highest BCUT2D eigenvalue weighted by Crippen LogP contribution is 2.27. The SMILES string of the molecule is Cc1ccc(S(=O)(=O)N(CC(=O)N(Cc2ccc(Br)cc2)C(Cc2ccccc2)C(=O)NC(C)C)c2cccc(Cl)c2)cc1. The zero-order valence-electron chi connectivity index (χ0n) is 24.8. The molecule has 0 aliphatic carbocycles. The summed E-state index contributed by atoms with van der Waals surface area (Å²) in [5.41, 5.74) is 2.79. The van der Waals surface area contributed by atoms with Gasteiger partial charge < -0.3 is 10.2 Å². The molecule has 4 aromatic carbocycles. The van der Waals surface area contributed by atoms with E-state index in [9.17, 15) is 18.0 Å². The van der Waals surface area contributed by atoms with Crippen LogP contribution in [0.2, 0.25) is 5.02 Å². The Morgan fingerprint density at radius 1 is 0.864 bits per heavy atom. The van der Waals surface area contributed by atoms with Crippen molar-refractivity contribution < 1.29 is 18.0 Å². The van der Waals surface area contributed by atoms with Gasteiger partial charge in [-0.05, 0) is 74.4 Å². The molecule has 0 aliphatic heterocycles. The lowest BCUT2D eigenvalue weighted by Gasteiger charge is -2.34. The summed E-state index contributed by atoms with van der Waals surface area (Å²) in [5.74, 6) is -0.867. The van der Waals surface area contributed by atoms with Gasteiger partial charge in [0.2, 0.25) is 11.8 Å². The van der Waals surface area contributed by atoms with Crippen molar-refractivity contribution in [3.63, 3.8) is 0 Å². The van der Waals surface area contributed by atoms with Crippen LogP contribution in [0.5, 0.6) is 0 Å². The summed E-state index contributed by atoms with van der Waals surface area (Å²) in [5, 5.41) is 3.28. The summed E-state index contributed by atoms with van der Waals surface area (Å²) in [6.45, 7) is 5.11. The van der Waals surface area contributed by atoms with Crippen molar-refractivity contribution in [3.05, 3.63) is 129 Å². The molecular formula is C34H35BrClN3O4S. The van der Waals surface area contributed by atoms with Gasteiger partial charge in [0.1, 0.15) is 12.6 Å². The first-order chi connectivity index (χ1) is 20.9. The van der Waals surface area contributed by atoms with Crippen molar-refractivity contribution >= 4 is 55.1 Å². The summed E-state index contributed by atoms with van der Waals surface area (Å²) in [4.78, 5) is 29.7. The highest BCUT2D eigenvalue weighted by Gasteiger charge is 2.35. The Balaban J connectivity index is 1.80. The fourth-order valence-electron chi connectivity index (χ4n) is 4.72. The number of carbonyl (C=O) groups excluding carboxylic acids is 2. The molecule has 10 heteroatoms. The minimum Gasteiger partial charge on any atom is -0.352 e. The van der Waals surface area contributed by atoms with E-state index in [1.54, 1.807) is 30.3 Å². The first-order valence-corrected chi connectivity index (χ1v) is 16.8. The van der Waals surface area contributed by atoms with E-state index >= 15 is 0 Å². The Hall–Kier alpha value is -3.66. The maximum absolute atomic E-state index is 14.4. The molecule has 0 saturated carbocycles. The van der Waals surface area contributed by atoms with Crippen LogP contribution in [-0.4, -0.2) is 43.8 Å². The van der Waals surface area contributed by atoms with Gasteiger partial charge in [-0.2, -0.15) is 0 Å². The van der Waals surface area contributed by atoms with Crippen LogP contribution in [0.1, 0.15) is 30.5 Å². The molecule has 0 saturated heterocycles. The molecule has 0 radical (unpaired) electrons. The molecule has 1 N–H and O–H groups in total. The van der Waals surface area contributed by atoms with Crippen molar-refractivity contribution in [2.75, 3.05) is 10.8 Å². The quantitative estimate of drug-likeness (QED) is 0.177. The van der Waals surface area contributed by atoms with Gasteiger partial charge in [-0.3, -0.25) is 13.9 Å². The van der Waals surface area contributed by atoms with Crippen molar-refractivity contribution in [1.82, 2.24) is 10.2 Å². The predicted molar refractivity (Wildman–Crippen MR) is 179 cm³/mol. The smallest absolute Gasteiger partial charge is 0.264 e. The Morgan fingerprint density at radius 2 is 1.52 bits per heavy atom. The monoisotopic (exact) mass is 695 g/mol. The number of hydrogen-bond donors (Lipinski definition) is 1. The Bertz CT molecular complexity index is 1680. The number of aryl methyl sites for hydroxylation is 1. The van der Waals surface area contributed by atoms with E-state index in [1.165, 1.54) is 23.1 Å². The van der Waals surface area contributed by atoms with Gasteiger partial charge in [0.25, 0.3) is 10.0 Å². The minimum atomic E-state index is -4.20. The van der Waals surface area contributed by atoms with E-state index in [2.05, 4.69) is 21.2 Å². The molecule has 0 heterocycles. The van der Waals surface area contributed by atoms with Crippen molar-refractivity contribution in [2.45, 2.75) is 50.7 Å². The van der Waals surface area contributed by atoms with Crippen LogP contribution < -0.4 is 9.62 Å². The van der Waals surface area contributed by atoms with Crippen LogP contribution in [0.25, 0.3) is 0 Å². The lowest BCUT2D eigenvalue weighted by Crippen LogP contribution is -2.54. The molecule has 7 nitrogen and oxygen atoms in total. The van der Waals surface area contributed by atoms with E-state index in [-0.39, 0.29) is 35.5 Å². The number of rotatable bonds is 12. The third-order valence-corrected chi connectivity index (χ3v) is 9.50. The van der Waals surface area contributed by atoms with Gasteiger partial charge in [-0.15, -0.1) is 0 Å². The number of sulfonamides is 1. The summed E-state index contributed by atoms with van der Waals surface area (Å²) in [6, 6.07) is 28.6. The average molecular weight is 697 g/mol. The molecule has 0 aliphatic rings. The minimum absolute atomic E-state index is 0.0359. The zero-order valence-corrected chi connectivity index (χ0v) is 27.9. The highest BCUT2D eigenvalue weighted by atomic mass is 79.9. The van der Waals surface area contributed by atoms with Gasteiger partial charge in [0.15, 0.2) is 0 Å². The first kappa shape index (κ1) is 33.2. The van der Waals surface area contributed by atoms with Gasteiger partial charge >= 0.3 is 0 Å². The first-order valence-electron chi connectivity index (χ1n) is 14.2. The fraction of sp³-hybridized carbons (Fsp3) is 0.235. The van der Waals surface area contributed by atoms with Crippen LogP contribution in [0.4, 0.5) is 5.69 Å². The topological polar surface area (TPSA) is 86.8 Å². The third kappa shape index (κ3) is 8.71. The summed E-state index contributed by atoms with van der Waals surface area (Å²) in [6.07, 6.45) is 0.240. The van der Waals surface area contributed by atoms with Crippen LogP contribution in [0.3, 0.4) is 0 Å². The number of carbonyl (C=O) groups is 2. The van der Waals surface area contributed by atoms with E-state index in [4.69, 9.17) is 11.6 Å². The molecule has 230 valence electrons. The van der Waals surface area contributed by atoms with Gasteiger partial charge in [0.05, 0.1) is 10.6 Å². The molecular weight excluding hydrogens is 662 g/mol. The second-order valence-corrected chi connectivity index (χ2v) is 14.0. The number of anilines is 1. The molecule has 44 heavy (non-hydrogen) atoms. The molecule has 0 aromatic heterocycles. The fourth-order valence-corrected chi connectivity index (χ4v) is 6.57. The molecule has 4 rings (SSSR count). The van der Waals surface area contributed by atoms with E-state index in [1.807, 2.05) is 75.4 Å². The van der Waals surface area contributed by atoms with Gasteiger partial charge in [0, 0.05) is 28.5 Å². The molecule has 0 spiro atoms. The number of hydrogen-bond acceptors (Lipinski definition) is 4. The van der Waals surface area contributed by atoms with Crippen LogP contribution in [-0.2, 0) is 32.6 Å². The van der Waals surface area contributed by atoms with Crippen LogP contribution in [0, 0.1) is 6.92 Å². The standard InChI is InChI=1S/C34H35BrClN3O4S/c1-24(2)37-34(41)32(20-26-8-5-4-6-9-26)38(22-27-14-16-28(35)17-15-27)33(40)23-39(30-11-7-10-29(36)21-30)44(42,43)31-18-12-25(3)13-19-31/h4-19,21,24,32H,20,22-23H2,1-3H3,(H,37,41). The van der Waals surface area contributed by atoms with Crippen molar-refractivity contribution in [2.24, 2.45) is 0 Å². The second kappa shape index (κ2) is 14.9. The van der Waals surface area contributed by atoms with Crippen molar-refractivity contribution in [1.29, 1.82) is 0 Å². The second-order valence-electron chi connectivity index (χ2n) is 10.8. The normalized spacial score (nSPS) is 12.0. The molecule has 0 bridgehead atoms. The average Bonchev–Trinajstić information content (AvgIpc) is 2.98. The van der Waals surface area contributed by atoms with E-state index in [0.717, 1.165) is 25.5 Å². The summed E-state index contributed by atoms with van der Waals surface area (Å²) < 4.78 is 30.1. The van der Waals surface area contributed by atoms with Crippen LogP contribution >= 0.6 is 27.5 Å². The molecule has 4 aromatic rings. The summed E-state index contributed by atoms with van der Waals surface area (Å²) >= 11 is 9.73. The number of benzene rings is 4. The molecule has 0 fully saturated rings. The number of nitrogens with one attached hydrogen (secondary N) is 1. The Labute approximate surface area is 273 Å². The van der Waals surface area contributed by atoms with Gasteiger partial charge in [-0.1, -0.05) is 93.8 Å². The number of halogens is 2. The lowest BCUT2D eigenvalue weighted by molar-refractivity contribution is -0.140.